The fourth-order valence-corrected chi connectivity index (χ4v) is 1.86. The molecule has 0 fully saturated rings. The topological polar surface area (TPSA) is 40.5 Å². The molecule has 0 saturated heterocycles. The minimum atomic E-state index is -0.387. The molecule has 2 unspecified atom stereocenters. The molecule has 90 valence electrons. The Balaban J connectivity index is 2.22. The minimum Gasteiger partial charge on any atom is -0.393 e. The van der Waals surface area contributed by atoms with Gasteiger partial charge in [-0.3, -0.25) is 0 Å². The zero-order valence-electron chi connectivity index (χ0n) is 9.97. The second-order valence-corrected chi connectivity index (χ2v) is 4.36. The Kier molecular flexibility index (Phi) is 6.12. The third kappa shape index (κ3) is 5.29. The average molecular weight is 222 g/mol. The van der Waals surface area contributed by atoms with Gasteiger partial charge in [-0.25, -0.2) is 0 Å². The first-order chi connectivity index (χ1) is 7.72. The third-order valence-corrected chi connectivity index (χ3v) is 2.78. The Bertz CT molecular complexity index is 271. The normalized spacial score (nSPS) is 14.7. The number of hydrogen-bond acceptors (Lipinski definition) is 2. The van der Waals surface area contributed by atoms with Crippen LogP contribution in [0.2, 0.25) is 0 Å². The number of hydrogen-bond donors (Lipinski definition) is 2. The van der Waals surface area contributed by atoms with Gasteiger partial charge in [0.15, 0.2) is 0 Å². The Morgan fingerprint density at radius 3 is 2.25 bits per heavy atom. The van der Waals surface area contributed by atoms with E-state index in [2.05, 4.69) is 12.1 Å². The third-order valence-electron chi connectivity index (χ3n) is 2.78. The van der Waals surface area contributed by atoms with E-state index in [1.54, 1.807) is 0 Å². The molecule has 0 bridgehead atoms. The van der Waals surface area contributed by atoms with Crippen molar-refractivity contribution in [3.63, 3.8) is 0 Å². The lowest BCUT2D eigenvalue weighted by molar-refractivity contribution is 0.0709. The molecule has 2 heteroatoms. The van der Waals surface area contributed by atoms with Crippen molar-refractivity contribution in [3.8, 4) is 0 Å². The summed E-state index contributed by atoms with van der Waals surface area (Å²) in [7, 11) is 0. The summed E-state index contributed by atoms with van der Waals surface area (Å²) in [6.07, 6.45) is 3.11. The van der Waals surface area contributed by atoms with Crippen LogP contribution in [0.3, 0.4) is 0 Å². The largest absolute Gasteiger partial charge is 0.393 e. The van der Waals surface area contributed by atoms with Crippen LogP contribution >= 0.6 is 0 Å². The quantitative estimate of drug-likeness (QED) is 0.744. The highest BCUT2D eigenvalue weighted by molar-refractivity contribution is 5.14. The van der Waals surface area contributed by atoms with Gasteiger partial charge in [-0.05, 0) is 31.2 Å². The summed E-state index contributed by atoms with van der Waals surface area (Å²) in [6, 6.07) is 10.1. The van der Waals surface area contributed by atoms with Gasteiger partial charge in [0.25, 0.3) is 0 Å². The molecule has 0 aliphatic heterocycles. The molecule has 0 saturated carbocycles. The zero-order valence-corrected chi connectivity index (χ0v) is 9.97. The molecule has 0 radical (unpaired) electrons. The van der Waals surface area contributed by atoms with E-state index in [-0.39, 0.29) is 12.2 Å². The SMILES string of the molecule is CCCC(O)CC(O)CCc1ccccc1. The molecule has 0 spiro atoms. The molecule has 1 rings (SSSR count). The molecule has 1 aromatic carbocycles. The predicted octanol–water partition coefficient (Wildman–Crippen LogP) is 2.53. The maximum Gasteiger partial charge on any atom is 0.0568 e. The fourth-order valence-electron chi connectivity index (χ4n) is 1.86. The van der Waals surface area contributed by atoms with Crippen LogP contribution in [-0.4, -0.2) is 22.4 Å². The maximum atomic E-state index is 9.75. The van der Waals surface area contributed by atoms with Crippen molar-refractivity contribution >= 4 is 0 Å². The summed E-state index contributed by atoms with van der Waals surface area (Å²) >= 11 is 0. The molecule has 2 atom stereocenters. The van der Waals surface area contributed by atoms with Crippen LogP contribution in [0.25, 0.3) is 0 Å². The number of benzene rings is 1. The molecule has 0 heterocycles. The van der Waals surface area contributed by atoms with Crippen molar-refractivity contribution in [3.05, 3.63) is 35.9 Å². The van der Waals surface area contributed by atoms with Crippen LogP contribution < -0.4 is 0 Å². The number of aryl methyl sites for hydroxylation is 1. The Morgan fingerprint density at radius 2 is 1.62 bits per heavy atom. The first-order valence-corrected chi connectivity index (χ1v) is 6.12. The van der Waals surface area contributed by atoms with E-state index in [1.807, 2.05) is 25.1 Å². The van der Waals surface area contributed by atoms with Crippen LogP contribution in [0.15, 0.2) is 30.3 Å². The van der Waals surface area contributed by atoms with Crippen molar-refractivity contribution in [2.75, 3.05) is 0 Å². The summed E-state index contributed by atoms with van der Waals surface area (Å²) < 4.78 is 0. The van der Waals surface area contributed by atoms with Crippen molar-refractivity contribution in [1.29, 1.82) is 0 Å². The fraction of sp³-hybridized carbons (Fsp3) is 0.571. The Labute approximate surface area is 97.9 Å². The molecule has 0 aliphatic rings. The summed E-state index contributed by atoms with van der Waals surface area (Å²) in [5.41, 5.74) is 1.24. The minimum absolute atomic E-state index is 0.351. The summed E-state index contributed by atoms with van der Waals surface area (Å²) in [6.45, 7) is 2.04. The molecule has 2 N–H and O–H groups in total. The van der Waals surface area contributed by atoms with E-state index >= 15 is 0 Å². The number of aliphatic hydroxyl groups excluding tert-OH is 2. The average Bonchev–Trinajstić information content (AvgIpc) is 2.28. The van der Waals surface area contributed by atoms with Crippen molar-refractivity contribution in [2.24, 2.45) is 0 Å². The highest BCUT2D eigenvalue weighted by atomic mass is 16.3. The van der Waals surface area contributed by atoms with E-state index in [1.165, 1.54) is 5.56 Å². The molecule has 0 aliphatic carbocycles. The van der Waals surface area contributed by atoms with E-state index in [0.717, 1.165) is 25.7 Å². The van der Waals surface area contributed by atoms with Crippen LogP contribution in [0.4, 0.5) is 0 Å². The summed E-state index contributed by atoms with van der Waals surface area (Å²) in [5.74, 6) is 0. The van der Waals surface area contributed by atoms with E-state index < -0.39 is 0 Å². The lowest BCUT2D eigenvalue weighted by Crippen LogP contribution is -2.18. The number of aliphatic hydroxyl groups is 2. The van der Waals surface area contributed by atoms with Gasteiger partial charge in [0, 0.05) is 0 Å². The molecule has 0 amide bonds. The molecule has 2 nitrogen and oxygen atoms in total. The second-order valence-electron chi connectivity index (χ2n) is 4.36. The summed E-state index contributed by atoms with van der Waals surface area (Å²) in [4.78, 5) is 0. The van der Waals surface area contributed by atoms with Gasteiger partial charge >= 0.3 is 0 Å². The first-order valence-electron chi connectivity index (χ1n) is 6.12. The molecular formula is C14H22O2. The van der Waals surface area contributed by atoms with Crippen molar-refractivity contribution < 1.29 is 10.2 Å². The lowest BCUT2D eigenvalue weighted by Gasteiger charge is -2.14. The Morgan fingerprint density at radius 1 is 1.00 bits per heavy atom. The van der Waals surface area contributed by atoms with Gasteiger partial charge in [-0.2, -0.15) is 0 Å². The zero-order chi connectivity index (χ0) is 11.8. The van der Waals surface area contributed by atoms with Gasteiger partial charge in [0.1, 0.15) is 0 Å². The van der Waals surface area contributed by atoms with Gasteiger partial charge in [0.05, 0.1) is 12.2 Å². The maximum absolute atomic E-state index is 9.75. The predicted molar refractivity (Wildman–Crippen MR) is 66.3 cm³/mol. The summed E-state index contributed by atoms with van der Waals surface area (Å²) in [5, 5.41) is 19.3. The van der Waals surface area contributed by atoms with Crippen molar-refractivity contribution in [1.82, 2.24) is 0 Å². The van der Waals surface area contributed by atoms with Crippen LogP contribution in [0, 0.1) is 0 Å². The molecule has 16 heavy (non-hydrogen) atoms. The second kappa shape index (κ2) is 7.42. The van der Waals surface area contributed by atoms with Crippen LogP contribution in [0.1, 0.15) is 38.2 Å². The van der Waals surface area contributed by atoms with Gasteiger partial charge < -0.3 is 10.2 Å². The standard InChI is InChI=1S/C14H22O2/c1-2-6-13(15)11-14(16)10-9-12-7-4-3-5-8-12/h3-5,7-8,13-16H,2,6,9-11H2,1H3. The highest BCUT2D eigenvalue weighted by Crippen LogP contribution is 2.11. The molecule has 1 aromatic rings. The lowest BCUT2D eigenvalue weighted by atomic mass is 10.0. The van der Waals surface area contributed by atoms with Gasteiger partial charge in [0.2, 0.25) is 0 Å². The first kappa shape index (κ1) is 13.2. The van der Waals surface area contributed by atoms with E-state index in [9.17, 15) is 10.2 Å². The van der Waals surface area contributed by atoms with Gasteiger partial charge in [-0.15, -0.1) is 0 Å². The Hall–Kier alpha value is -0.860. The van der Waals surface area contributed by atoms with Crippen LogP contribution in [0.5, 0.6) is 0 Å². The van der Waals surface area contributed by atoms with Gasteiger partial charge in [-0.1, -0.05) is 43.7 Å². The monoisotopic (exact) mass is 222 g/mol. The smallest absolute Gasteiger partial charge is 0.0568 e. The molecular weight excluding hydrogens is 200 g/mol. The van der Waals surface area contributed by atoms with Crippen LogP contribution in [-0.2, 0) is 6.42 Å². The number of rotatable bonds is 7. The van der Waals surface area contributed by atoms with E-state index in [0.29, 0.717) is 6.42 Å². The van der Waals surface area contributed by atoms with Crippen molar-refractivity contribution in [2.45, 2.75) is 51.2 Å². The molecule has 0 aromatic heterocycles. The highest BCUT2D eigenvalue weighted by Gasteiger charge is 2.10. The van der Waals surface area contributed by atoms with E-state index in [4.69, 9.17) is 0 Å².